The smallest absolute Gasteiger partial charge is 0.160 e. The molecule has 0 amide bonds. The van der Waals surface area contributed by atoms with Gasteiger partial charge >= 0.3 is 0 Å². The molecule has 4 aromatic heterocycles. The van der Waals surface area contributed by atoms with Gasteiger partial charge in [0.25, 0.3) is 0 Å². The van der Waals surface area contributed by atoms with Gasteiger partial charge < -0.3 is 4.42 Å². The van der Waals surface area contributed by atoms with E-state index in [4.69, 9.17) is 14.4 Å². The third-order valence-electron chi connectivity index (χ3n) is 10.7. The van der Waals surface area contributed by atoms with E-state index >= 15 is 0 Å². The number of pyridine rings is 1. The number of benzene rings is 7. The highest BCUT2D eigenvalue weighted by Gasteiger charge is 2.19. The molecular formula is C51H31N3OS. The Kier molecular flexibility index (Phi) is 7.64. The number of hydrogen-bond donors (Lipinski definition) is 0. The first-order valence-electron chi connectivity index (χ1n) is 18.7. The average molecular weight is 734 g/mol. The molecule has 0 N–H and O–H groups in total. The summed E-state index contributed by atoms with van der Waals surface area (Å²) >= 11 is 1.84. The van der Waals surface area contributed by atoms with E-state index in [1.165, 1.54) is 20.2 Å². The predicted octanol–water partition coefficient (Wildman–Crippen LogP) is 14.1. The highest BCUT2D eigenvalue weighted by molar-refractivity contribution is 7.25. The van der Waals surface area contributed by atoms with Crippen LogP contribution in [0.15, 0.2) is 193 Å². The van der Waals surface area contributed by atoms with Crippen LogP contribution in [0.1, 0.15) is 0 Å². The number of aromatic nitrogens is 3. The van der Waals surface area contributed by atoms with Gasteiger partial charge in [-0.15, -0.1) is 11.3 Å². The highest BCUT2D eigenvalue weighted by atomic mass is 32.1. The minimum atomic E-state index is 0.683. The molecule has 0 radical (unpaired) electrons. The van der Waals surface area contributed by atoms with Crippen LogP contribution < -0.4 is 0 Å². The summed E-state index contributed by atoms with van der Waals surface area (Å²) in [5.74, 6) is 0.683. The van der Waals surface area contributed by atoms with E-state index in [0.717, 1.165) is 83.4 Å². The molecular weight excluding hydrogens is 703 g/mol. The molecule has 11 rings (SSSR count). The molecule has 0 fully saturated rings. The Morgan fingerprint density at radius 3 is 1.89 bits per heavy atom. The van der Waals surface area contributed by atoms with Crippen LogP contribution in [0.5, 0.6) is 0 Å². The Morgan fingerprint density at radius 1 is 0.393 bits per heavy atom. The number of rotatable bonds is 6. The second-order valence-electron chi connectivity index (χ2n) is 14.0. The van der Waals surface area contributed by atoms with Gasteiger partial charge in [0.15, 0.2) is 5.82 Å². The van der Waals surface area contributed by atoms with Crippen LogP contribution in [0, 0.1) is 0 Å². The first-order chi connectivity index (χ1) is 27.7. The van der Waals surface area contributed by atoms with Crippen molar-refractivity contribution in [3.8, 4) is 67.3 Å². The van der Waals surface area contributed by atoms with E-state index in [1.807, 2.05) is 60.1 Å². The molecule has 0 aliphatic heterocycles. The van der Waals surface area contributed by atoms with Crippen molar-refractivity contribution in [3.63, 3.8) is 0 Å². The van der Waals surface area contributed by atoms with Gasteiger partial charge in [-0.2, -0.15) is 0 Å². The van der Waals surface area contributed by atoms with Gasteiger partial charge in [0.1, 0.15) is 11.2 Å². The molecule has 4 heterocycles. The predicted molar refractivity (Wildman–Crippen MR) is 233 cm³/mol. The van der Waals surface area contributed by atoms with Crippen molar-refractivity contribution in [2.75, 3.05) is 0 Å². The quantitative estimate of drug-likeness (QED) is 0.171. The zero-order chi connectivity index (χ0) is 37.0. The summed E-state index contributed by atoms with van der Waals surface area (Å²) in [6.07, 6.45) is 3.65. The van der Waals surface area contributed by atoms with Crippen LogP contribution in [0.4, 0.5) is 0 Å². The third kappa shape index (κ3) is 5.48. The largest absolute Gasteiger partial charge is 0.455 e. The molecule has 0 spiro atoms. The molecule has 0 saturated heterocycles. The fourth-order valence-corrected chi connectivity index (χ4v) is 9.09. The van der Waals surface area contributed by atoms with Crippen LogP contribution in [0.2, 0.25) is 0 Å². The molecule has 5 heteroatoms. The molecule has 0 unspecified atom stereocenters. The lowest BCUT2D eigenvalue weighted by atomic mass is 9.93. The Bertz CT molecular complexity index is 3240. The lowest BCUT2D eigenvalue weighted by Gasteiger charge is -2.13. The van der Waals surface area contributed by atoms with Crippen molar-refractivity contribution < 1.29 is 4.42 Å². The van der Waals surface area contributed by atoms with Gasteiger partial charge in [-0.25, -0.2) is 9.97 Å². The summed E-state index contributed by atoms with van der Waals surface area (Å²) in [6, 6.07) is 61.7. The van der Waals surface area contributed by atoms with Crippen molar-refractivity contribution >= 4 is 53.4 Å². The van der Waals surface area contributed by atoms with Crippen molar-refractivity contribution in [3.05, 3.63) is 188 Å². The topological polar surface area (TPSA) is 51.8 Å². The maximum atomic E-state index is 6.70. The molecule has 0 aliphatic carbocycles. The van der Waals surface area contributed by atoms with E-state index in [2.05, 4.69) is 145 Å². The normalized spacial score (nSPS) is 11.6. The molecule has 0 bridgehead atoms. The zero-order valence-electron chi connectivity index (χ0n) is 30.1. The van der Waals surface area contributed by atoms with Gasteiger partial charge in [-0.1, -0.05) is 133 Å². The highest BCUT2D eigenvalue weighted by Crippen LogP contribution is 2.44. The second-order valence-corrected chi connectivity index (χ2v) is 15.0. The summed E-state index contributed by atoms with van der Waals surface area (Å²) in [6.45, 7) is 0. The molecule has 0 aliphatic rings. The van der Waals surface area contributed by atoms with Crippen LogP contribution in [0.3, 0.4) is 0 Å². The SMILES string of the molecule is c1ccc(-c2nc(-c3ccc(-c4ccc(-c5ccc6c(c5)sc5ccccc56)c5oc6ccccc6c45)cc3)cc(-c3ccccc3-c3ccncc3)n2)cc1. The van der Waals surface area contributed by atoms with Gasteiger partial charge in [-0.3, -0.25) is 4.98 Å². The number of hydrogen-bond acceptors (Lipinski definition) is 5. The van der Waals surface area contributed by atoms with E-state index in [9.17, 15) is 0 Å². The monoisotopic (exact) mass is 733 g/mol. The van der Waals surface area contributed by atoms with Crippen molar-refractivity contribution in [2.24, 2.45) is 0 Å². The minimum Gasteiger partial charge on any atom is -0.455 e. The Morgan fingerprint density at radius 2 is 1.04 bits per heavy atom. The van der Waals surface area contributed by atoms with Gasteiger partial charge in [0.05, 0.1) is 11.4 Å². The van der Waals surface area contributed by atoms with Crippen LogP contribution in [0.25, 0.3) is 109 Å². The fourth-order valence-electron chi connectivity index (χ4n) is 7.95. The summed E-state index contributed by atoms with van der Waals surface area (Å²) < 4.78 is 9.28. The molecule has 262 valence electrons. The summed E-state index contributed by atoms with van der Waals surface area (Å²) in [7, 11) is 0. The number of fused-ring (bicyclic) bond motifs is 6. The lowest BCUT2D eigenvalue weighted by molar-refractivity contribution is 0.670. The van der Waals surface area contributed by atoms with Gasteiger partial charge in [0.2, 0.25) is 0 Å². The Hall–Kier alpha value is -7.21. The maximum Gasteiger partial charge on any atom is 0.160 e. The first-order valence-corrected chi connectivity index (χ1v) is 19.5. The van der Waals surface area contributed by atoms with Crippen LogP contribution >= 0.6 is 11.3 Å². The van der Waals surface area contributed by atoms with E-state index in [-0.39, 0.29) is 0 Å². The number of thiophene rings is 1. The second kappa shape index (κ2) is 13.3. The average Bonchev–Trinajstić information content (AvgIpc) is 3.85. The minimum absolute atomic E-state index is 0.683. The third-order valence-corrected chi connectivity index (χ3v) is 11.8. The first kappa shape index (κ1) is 32.2. The van der Waals surface area contributed by atoms with Gasteiger partial charge in [-0.05, 0) is 70.3 Å². The van der Waals surface area contributed by atoms with Crippen LogP contribution in [-0.2, 0) is 0 Å². The van der Waals surface area contributed by atoms with Crippen molar-refractivity contribution in [2.45, 2.75) is 0 Å². The van der Waals surface area contributed by atoms with E-state index < -0.39 is 0 Å². The standard InChI is InChI=1S/C51H31N3OS/c1-2-10-35(11-3-1)51-53-44(31-45(54-51)40-13-5-4-12-37(40)33-26-28-52-29-27-33)34-20-18-32(19-21-34)38-24-25-39(50-49(38)43-15-6-8-16-46(43)55-50)36-22-23-42-41-14-7-9-17-47(41)56-48(42)30-36/h1-31H. The summed E-state index contributed by atoms with van der Waals surface area (Å²) in [4.78, 5) is 14.5. The zero-order valence-corrected chi connectivity index (χ0v) is 30.9. The number of para-hydroxylation sites is 1. The van der Waals surface area contributed by atoms with E-state index in [0.29, 0.717) is 5.82 Å². The number of nitrogens with zero attached hydrogens (tertiary/aromatic N) is 3. The lowest BCUT2D eigenvalue weighted by Crippen LogP contribution is -1.97. The number of furan rings is 1. The molecule has 0 atom stereocenters. The molecule has 11 aromatic rings. The Labute approximate surface area is 327 Å². The molecule has 7 aromatic carbocycles. The summed E-state index contributed by atoms with van der Waals surface area (Å²) in [5, 5.41) is 4.81. The maximum absolute atomic E-state index is 6.70. The van der Waals surface area contributed by atoms with Crippen molar-refractivity contribution in [1.29, 1.82) is 0 Å². The molecule has 4 nitrogen and oxygen atoms in total. The summed E-state index contributed by atoms with van der Waals surface area (Å²) in [5.41, 5.74) is 13.2. The van der Waals surface area contributed by atoms with Crippen LogP contribution in [-0.4, -0.2) is 15.0 Å². The fraction of sp³-hybridized carbons (Fsp3) is 0. The molecule has 56 heavy (non-hydrogen) atoms. The van der Waals surface area contributed by atoms with Crippen molar-refractivity contribution in [1.82, 2.24) is 15.0 Å². The van der Waals surface area contributed by atoms with E-state index in [1.54, 1.807) is 0 Å². The Balaban J connectivity index is 1.03. The molecule has 0 saturated carbocycles. The van der Waals surface area contributed by atoms with Gasteiger partial charge in [0, 0.05) is 65.6 Å².